The first-order chi connectivity index (χ1) is 11.7. The van der Waals surface area contributed by atoms with Crippen LogP contribution >= 0.6 is 11.7 Å². The van der Waals surface area contributed by atoms with Gasteiger partial charge in [-0.1, -0.05) is 0 Å². The van der Waals surface area contributed by atoms with Gasteiger partial charge in [-0.15, -0.1) is 0 Å². The van der Waals surface area contributed by atoms with Gasteiger partial charge in [0.15, 0.2) is 5.82 Å². The smallest absolute Gasteiger partial charge is 0.251 e. The Kier molecular flexibility index (Phi) is 3.89. The van der Waals surface area contributed by atoms with E-state index >= 15 is 0 Å². The van der Waals surface area contributed by atoms with Crippen LogP contribution in [0.25, 0.3) is 11.0 Å². The molecule has 7 nitrogen and oxygen atoms in total. The van der Waals surface area contributed by atoms with E-state index in [1.165, 1.54) is 0 Å². The van der Waals surface area contributed by atoms with Crippen LogP contribution in [0.4, 0.5) is 5.82 Å². The Morgan fingerprint density at radius 2 is 2.04 bits per heavy atom. The molecule has 0 bridgehead atoms. The van der Waals surface area contributed by atoms with E-state index in [0.717, 1.165) is 60.2 Å². The Morgan fingerprint density at radius 1 is 1.25 bits per heavy atom. The van der Waals surface area contributed by atoms with Gasteiger partial charge in [-0.25, -0.2) is 0 Å². The summed E-state index contributed by atoms with van der Waals surface area (Å²) >= 11 is 1.16. The van der Waals surface area contributed by atoms with E-state index in [4.69, 9.17) is 0 Å². The summed E-state index contributed by atoms with van der Waals surface area (Å²) < 4.78 is 8.35. The zero-order chi connectivity index (χ0) is 16.5. The molecule has 2 N–H and O–H groups in total. The lowest BCUT2D eigenvalue weighted by molar-refractivity contribution is 0.0931. The van der Waals surface area contributed by atoms with Crippen molar-refractivity contribution in [1.29, 1.82) is 0 Å². The number of carbonyl (C=O) groups is 1. The van der Waals surface area contributed by atoms with Gasteiger partial charge in [-0.05, 0) is 38.0 Å². The van der Waals surface area contributed by atoms with Gasteiger partial charge in [0.1, 0.15) is 11.0 Å². The summed E-state index contributed by atoms with van der Waals surface area (Å²) in [4.78, 5) is 14.7. The Labute approximate surface area is 143 Å². The highest BCUT2D eigenvalue weighted by atomic mass is 32.1. The maximum absolute atomic E-state index is 12.4. The fourth-order valence-electron chi connectivity index (χ4n) is 3.01. The summed E-state index contributed by atoms with van der Waals surface area (Å²) in [6.45, 7) is 3.78. The molecule has 1 fully saturated rings. The highest BCUT2D eigenvalue weighted by Gasteiger charge is 2.22. The molecule has 1 aromatic carbocycles. The van der Waals surface area contributed by atoms with Crippen molar-refractivity contribution in [3.63, 3.8) is 0 Å². The number of carbonyl (C=O) groups excluding carboxylic acids is 1. The largest absolute Gasteiger partial charge is 0.355 e. The van der Waals surface area contributed by atoms with Crippen molar-refractivity contribution >= 4 is 34.5 Å². The molecule has 1 aliphatic rings. The molecule has 2 aromatic heterocycles. The van der Waals surface area contributed by atoms with Gasteiger partial charge in [0.25, 0.3) is 5.91 Å². The van der Waals surface area contributed by atoms with Crippen LogP contribution in [0.1, 0.15) is 28.9 Å². The van der Waals surface area contributed by atoms with Crippen molar-refractivity contribution in [3.8, 4) is 0 Å². The molecule has 1 amide bonds. The topological polar surface area (TPSA) is 86.8 Å². The van der Waals surface area contributed by atoms with Crippen molar-refractivity contribution in [2.75, 3.05) is 18.0 Å². The van der Waals surface area contributed by atoms with Crippen LogP contribution in [0, 0.1) is 6.92 Å². The van der Waals surface area contributed by atoms with Crippen molar-refractivity contribution in [1.82, 2.24) is 24.3 Å². The second kappa shape index (κ2) is 6.20. The molecule has 4 rings (SSSR count). The Morgan fingerprint density at radius 3 is 2.79 bits per heavy atom. The Balaban J connectivity index is 1.37. The SMILES string of the molecule is Cc1cc(N2CCC(NC(=O)c3ccc4nsnc4c3)CC2)n[nH]1. The quantitative estimate of drug-likeness (QED) is 0.761. The van der Waals surface area contributed by atoms with Crippen LogP contribution < -0.4 is 10.2 Å². The molecule has 3 heterocycles. The molecule has 124 valence electrons. The van der Waals surface area contributed by atoms with E-state index in [2.05, 4.69) is 35.2 Å². The minimum atomic E-state index is -0.0426. The van der Waals surface area contributed by atoms with Crippen LogP contribution in [-0.4, -0.2) is 44.0 Å². The molecule has 8 heteroatoms. The Bertz CT molecular complexity index is 864. The molecule has 0 spiro atoms. The van der Waals surface area contributed by atoms with E-state index in [1.807, 2.05) is 13.0 Å². The van der Waals surface area contributed by atoms with Gasteiger partial charge < -0.3 is 10.2 Å². The van der Waals surface area contributed by atoms with Crippen LogP contribution in [0.5, 0.6) is 0 Å². The van der Waals surface area contributed by atoms with Crippen molar-refractivity contribution < 1.29 is 4.79 Å². The van der Waals surface area contributed by atoms with Crippen LogP contribution in [0.2, 0.25) is 0 Å². The maximum atomic E-state index is 12.4. The maximum Gasteiger partial charge on any atom is 0.251 e. The standard InChI is InChI=1S/C16H18N6OS/c1-10-8-15(19-18-10)22-6-4-12(5-7-22)17-16(23)11-2-3-13-14(9-11)21-24-20-13/h2-3,8-9,12H,4-7H2,1H3,(H,17,23)(H,18,19). The van der Waals surface area contributed by atoms with E-state index in [9.17, 15) is 4.79 Å². The molecule has 0 radical (unpaired) electrons. The average Bonchev–Trinajstić information content (AvgIpc) is 3.23. The summed E-state index contributed by atoms with van der Waals surface area (Å²) in [5.41, 5.74) is 3.31. The average molecular weight is 342 g/mol. The molecular weight excluding hydrogens is 324 g/mol. The zero-order valence-electron chi connectivity index (χ0n) is 13.3. The third-order valence-corrected chi connectivity index (χ3v) is 4.92. The van der Waals surface area contributed by atoms with Gasteiger partial charge in [0, 0.05) is 36.5 Å². The minimum absolute atomic E-state index is 0.0426. The normalized spacial score (nSPS) is 15.8. The highest BCUT2D eigenvalue weighted by molar-refractivity contribution is 7.00. The number of benzene rings is 1. The summed E-state index contributed by atoms with van der Waals surface area (Å²) in [7, 11) is 0. The minimum Gasteiger partial charge on any atom is -0.355 e. The highest BCUT2D eigenvalue weighted by Crippen LogP contribution is 2.19. The molecule has 3 aromatic rings. The second-order valence-corrected chi connectivity index (χ2v) is 6.64. The number of fused-ring (bicyclic) bond motifs is 1. The van der Waals surface area contributed by atoms with E-state index in [1.54, 1.807) is 12.1 Å². The third-order valence-electron chi connectivity index (χ3n) is 4.36. The fourth-order valence-corrected chi connectivity index (χ4v) is 3.53. The molecule has 1 saturated heterocycles. The number of piperidine rings is 1. The number of aromatic amines is 1. The summed E-state index contributed by atoms with van der Waals surface area (Å²) in [6.07, 6.45) is 1.83. The van der Waals surface area contributed by atoms with Gasteiger partial charge in [-0.3, -0.25) is 9.89 Å². The van der Waals surface area contributed by atoms with E-state index in [0.29, 0.717) is 5.56 Å². The number of nitrogens with one attached hydrogen (secondary N) is 2. The van der Waals surface area contributed by atoms with E-state index in [-0.39, 0.29) is 11.9 Å². The molecule has 24 heavy (non-hydrogen) atoms. The Hall–Kier alpha value is -2.48. The van der Waals surface area contributed by atoms with Crippen LogP contribution in [0.15, 0.2) is 24.3 Å². The molecule has 1 aliphatic heterocycles. The van der Waals surface area contributed by atoms with Gasteiger partial charge >= 0.3 is 0 Å². The number of amides is 1. The monoisotopic (exact) mass is 342 g/mol. The number of hydrogen-bond donors (Lipinski definition) is 2. The predicted octanol–water partition coefficient (Wildman–Crippen LogP) is 2.12. The van der Waals surface area contributed by atoms with Crippen molar-refractivity contribution in [3.05, 3.63) is 35.5 Å². The molecule has 0 saturated carbocycles. The summed E-state index contributed by atoms with van der Waals surface area (Å²) in [6, 6.07) is 7.70. The van der Waals surface area contributed by atoms with Crippen molar-refractivity contribution in [2.24, 2.45) is 0 Å². The first-order valence-corrected chi connectivity index (χ1v) is 8.72. The number of aryl methyl sites for hydroxylation is 1. The number of hydrogen-bond acceptors (Lipinski definition) is 6. The lowest BCUT2D eigenvalue weighted by Gasteiger charge is -2.32. The first kappa shape index (κ1) is 15.1. The molecule has 0 atom stereocenters. The number of anilines is 1. The molecular formula is C16H18N6OS. The number of aromatic nitrogens is 4. The van der Waals surface area contributed by atoms with Crippen LogP contribution in [0.3, 0.4) is 0 Å². The third kappa shape index (κ3) is 2.96. The lowest BCUT2D eigenvalue weighted by atomic mass is 10.0. The lowest BCUT2D eigenvalue weighted by Crippen LogP contribution is -2.44. The fraction of sp³-hybridized carbons (Fsp3) is 0.375. The van der Waals surface area contributed by atoms with Gasteiger partial charge in [-0.2, -0.15) is 13.8 Å². The zero-order valence-corrected chi connectivity index (χ0v) is 14.1. The van der Waals surface area contributed by atoms with Crippen LogP contribution in [-0.2, 0) is 0 Å². The summed E-state index contributed by atoms with van der Waals surface area (Å²) in [5, 5.41) is 10.4. The number of rotatable bonds is 3. The molecule has 0 unspecified atom stereocenters. The van der Waals surface area contributed by atoms with E-state index < -0.39 is 0 Å². The number of nitrogens with zero attached hydrogens (tertiary/aromatic N) is 4. The van der Waals surface area contributed by atoms with Gasteiger partial charge in [0.2, 0.25) is 0 Å². The summed E-state index contributed by atoms with van der Waals surface area (Å²) in [5.74, 6) is 0.942. The number of H-pyrrole nitrogens is 1. The van der Waals surface area contributed by atoms with Gasteiger partial charge in [0.05, 0.1) is 11.7 Å². The molecule has 0 aliphatic carbocycles. The first-order valence-electron chi connectivity index (χ1n) is 7.99. The second-order valence-electron chi connectivity index (χ2n) is 6.11. The van der Waals surface area contributed by atoms with Crippen molar-refractivity contribution in [2.45, 2.75) is 25.8 Å². The predicted molar refractivity (Wildman–Crippen MR) is 93.4 cm³/mol.